The van der Waals surface area contributed by atoms with Gasteiger partial charge < -0.3 is 40.4 Å². The number of rotatable bonds is 25. The van der Waals surface area contributed by atoms with Gasteiger partial charge in [-0.25, -0.2) is 19.4 Å². The molecule has 0 aromatic heterocycles. The molecule has 0 bridgehead atoms. The normalized spacial score (nSPS) is 19.4. The molecule has 340 valence electrons. The first-order valence-electron chi connectivity index (χ1n) is 21.9. The third-order valence-corrected chi connectivity index (χ3v) is 12.4. The van der Waals surface area contributed by atoms with E-state index < -0.39 is 12.2 Å². The molecule has 4 aliphatic rings. The highest BCUT2D eigenvalue weighted by molar-refractivity contribution is 8.00. The topological polar surface area (TPSA) is 187 Å². The van der Waals surface area contributed by atoms with Crippen molar-refractivity contribution in [2.45, 2.75) is 68.6 Å². The molecule has 3 aromatic rings. The van der Waals surface area contributed by atoms with Gasteiger partial charge in [0.2, 0.25) is 5.91 Å². The van der Waals surface area contributed by atoms with E-state index >= 15 is 0 Å². The lowest BCUT2D eigenvalue weighted by Gasteiger charge is -2.27. The first-order valence-corrected chi connectivity index (χ1v) is 23.0. The number of thioether (sulfide) groups is 1. The van der Waals surface area contributed by atoms with Crippen LogP contribution in [0, 0.1) is 11.8 Å². The van der Waals surface area contributed by atoms with Crippen LogP contribution in [0.4, 0.5) is 15.3 Å². The zero-order valence-electron chi connectivity index (χ0n) is 35.8. The summed E-state index contributed by atoms with van der Waals surface area (Å²) in [6.45, 7) is 3.55. The van der Waals surface area contributed by atoms with E-state index in [0.717, 1.165) is 53.1 Å². The summed E-state index contributed by atoms with van der Waals surface area (Å²) >= 11 is 1.90. The molecule has 17 heteroatoms. The van der Waals surface area contributed by atoms with E-state index in [1.807, 2.05) is 84.6 Å². The van der Waals surface area contributed by atoms with Gasteiger partial charge in [-0.3, -0.25) is 19.9 Å². The number of unbranched alkanes of at least 4 members (excludes halogenated alkanes) is 1. The minimum atomic E-state index is -0.516. The van der Waals surface area contributed by atoms with Crippen LogP contribution in [0.5, 0.6) is 0 Å². The second-order valence-corrected chi connectivity index (χ2v) is 16.8. The van der Waals surface area contributed by atoms with Crippen molar-refractivity contribution in [3.05, 3.63) is 107 Å². The van der Waals surface area contributed by atoms with E-state index in [4.69, 9.17) is 28.8 Å². The molecule has 64 heavy (non-hydrogen) atoms. The largest absolute Gasteiger partial charge is 0.445 e. The number of anilines is 1. The van der Waals surface area contributed by atoms with Crippen molar-refractivity contribution in [2.75, 3.05) is 69.9 Å². The first-order chi connectivity index (χ1) is 31.4. The van der Waals surface area contributed by atoms with Crippen molar-refractivity contribution in [1.29, 1.82) is 0 Å². The molecular weight excluding hydrogens is 841 g/mol. The average Bonchev–Trinajstić information content (AvgIpc) is 4.04. The van der Waals surface area contributed by atoms with E-state index in [0.29, 0.717) is 75.2 Å². The number of urea groups is 1. The van der Waals surface area contributed by atoms with E-state index in [1.54, 1.807) is 11.0 Å². The number of hydrogen-bond acceptors (Lipinski definition) is 12. The van der Waals surface area contributed by atoms with Crippen LogP contribution in [-0.2, 0) is 40.2 Å². The summed E-state index contributed by atoms with van der Waals surface area (Å²) in [4.78, 5) is 67.5. The number of amides is 5. The summed E-state index contributed by atoms with van der Waals surface area (Å²) in [5.74, 6) is 7.23. The number of hydrogen-bond donors (Lipinski definition) is 5. The predicted octanol–water partition coefficient (Wildman–Crippen LogP) is 4.82. The number of para-hydroxylation sites is 1. The summed E-state index contributed by atoms with van der Waals surface area (Å²) in [5.41, 5.74) is 8.24. The third-order valence-electron chi connectivity index (χ3n) is 10.9. The van der Waals surface area contributed by atoms with Crippen molar-refractivity contribution < 1.29 is 48.0 Å². The number of ether oxygens (including phenoxy) is 3. The van der Waals surface area contributed by atoms with Crippen LogP contribution in [0.1, 0.15) is 71.1 Å². The van der Waals surface area contributed by atoms with Gasteiger partial charge in [0.1, 0.15) is 25.9 Å². The SMILES string of the molecule is O=C(CCCC[C@@H]1SC[C@@H]2NC(=O)N[C@@H]21)NCCCOCCOOCCOCCCNC(=O)OCc1ccc(C2=CC(CN3C(=O)c4ccccc4C#Cc4ccccc43)ON2)cc1. The van der Waals surface area contributed by atoms with Crippen molar-refractivity contribution in [1.82, 2.24) is 26.7 Å². The maximum atomic E-state index is 13.8. The molecule has 0 spiro atoms. The molecule has 1 unspecified atom stereocenters. The summed E-state index contributed by atoms with van der Waals surface area (Å²) in [6, 6.07) is 23.0. The number of carbonyl (C=O) groups excluding carboxylic acids is 4. The van der Waals surface area contributed by atoms with Crippen LogP contribution in [0.15, 0.2) is 78.9 Å². The van der Waals surface area contributed by atoms with Gasteiger partial charge in [0.25, 0.3) is 5.91 Å². The van der Waals surface area contributed by atoms with Crippen LogP contribution < -0.4 is 31.6 Å². The summed E-state index contributed by atoms with van der Waals surface area (Å²) in [7, 11) is 0. The standard InChI is InChI=1S/C47H56N6O10S/c54-43(14-6-5-13-42-44-40(32-64-42)50-46(56)51-44)48-21-7-23-58-25-27-61-62-28-26-59-24-8-22-49-47(57)60-31-33-15-17-35(18-16-33)39-29-37(63-52-39)30-53-41-12-4-2-10-36(41)20-19-34-9-1-3-11-38(34)45(53)55/h1-4,9-12,15-18,29,37,40,42,44,52H,5-8,13-14,21-28,30-32H2,(H,48,54)(H,49,57)(H2,50,51,56)/t37?,40-,42-,44-/m0/s1. The van der Waals surface area contributed by atoms with Crippen LogP contribution in [0.3, 0.4) is 0 Å². The van der Waals surface area contributed by atoms with Gasteiger partial charge in [-0.05, 0) is 67.2 Å². The zero-order valence-corrected chi connectivity index (χ0v) is 36.6. The number of fused-ring (bicyclic) bond motifs is 3. The third kappa shape index (κ3) is 13.7. The van der Waals surface area contributed by atoms with Gasteiger partial charge in [0.05, 0.1) is 48.8 Å². The Morgan fingerprint density at radius 1 is 0.797 bits per heavy atom. The Morgan fingerprint density at radius 3 is 2.31 bits per heavy atom. The smallest absolute Gasteiger partial charge is 0.407 e. The van der Waals surface area contributed by atoms with Crippen molar-refractivity contribution in [3.63, 3.8) is 0 Å². The van der Waals surface area contributed by atoms with Crippen LogP contribution in [0.25, 0.3) is 5.70 Å². The van der Waals surface area contributed by atoms with Crippen molar-refractivity contribution in [2.24, 2.45) is 0 Å². The van der Waals surface area contributed by atoms with E-state index in [-0.39, 0.29) is 56.3 Å². The predicted molar refractivity (Wildman–Crippen MR) is 241 cm³/mol. The van der Waals surface area contributed by atoms with Gasteiger partial charge in [-0.15, -0.1) is 0 Å². The van der Waals surface area contributed by atoms with Crippen molar-refractivity contribution in [3.8, 4) is 11.8 Å². The summed E-state index contributed by atoms with van der Waals surface area (Å²) in [6.07, 6.45) is 5.65. The minimum Gasteiger partial charge on any atom is -0.445 e. The Kier molecular flexibility index (Phi) is 17.7. The molecule has 0 aliphatic carbocycles. The fourth-order valence-electron chi connectivity index (χ4n) is 7.60. The Morgan fingerprint density at radius 2 is 1.52 bits per heavy atom. The average molecular weight is 897 g/mol. The lowest BCUT2D eigenvalue weighted by molar-refractivity contribution is -0.303. The second kappa shape index (κ2) is 24.5. The Bertz CT molecular complexity index is 2150. The Hall–Kier alpha value is -5.61. The van der Waals surface area contributed by atoms with E-state index in [9.17, 15) is 19.2 Å². The number of nitrogens with one attached hydrogen (secondary N) is 5. The molecule has 0 radical (unpaired) electrons. The summed E-state index contributed by atoms with van der Waals surface area (Å²) < 4.78 is 16.4. The molecule has 2 fully saturated rings. The van der Waals surface area contributed by atoms with Crippen molar-refractivity contribution >= 4 is 47.1 Å². The van der Waals surface area contributed by atoms with Crippen LogP contribution in [-0.4, -0.2) is 112 Å². The molecule has 3 aromatic carbocycles. The molecule has 5 N–H and O–H groups in total. The number of nitrogens with zero attached hydrogens (tertiary/aromatic N) is 1. The molecule has 4 aliphatic heterocycles. The maximum Gasteiger partial charge on any atom is 0.407 e. The van der Waals surface area contributed by atoms with E-state index in [2.05, 4.69) is 38.6 Å². The van der Waals surface area contributed by atoms with Crippen LogP contribution in [0.2, 0.25) is 0 Å². The van der Waals surface area contributed by atoms with Gasteiger partial charge in [0.15, 0.2) is 0 Å². The van der Waals surface area contributed by atoms with Gasteiger partial charge >= 0.3 is 12.1 Å². The van der Waals surface area contributed by atoms with Gasteiger partial charge in [0, 0.05) is 54.9 Å². The fraction of sp³-hybridized carbons (Fsp3) is 0.447. The number of carbonyl (C=O) groups is 4. The highest BCUT2D eigenvalue weighted by Crippen LogP contribution is 2.33. The monoisotopic (exact) mass is 896 g/mol. The summed E-state index contributed by atoms with van der Waals surface area (Å²) in [5, 5.41) is 12.0. The van der Waals surface area contributed by atoms with E-state index in [1.165, 1.54) is 0 Å². The highest BCUT2D eigenvalue weighted by atomic mass is 32.2. The molecule has 4 atom stereocenters. The Labute approximate surface area is 377 Å². The quantitative estimate of drug-likeness (QED) is 0.0257. The highest BCUT2D eigenvalue weighted by Gasteiger charge is 2.42. The molecule has 0 saturated carbocycles. The second-order valence-electron chi connectivity index (χ2n) is 15.6. The minimum absolute atomic E-state index is 0.0512. The maximum absolute atomic E-state index is 13.8. The molecule has 7 rings (SSSR count). The van der Waals surface area contributed by atoms with Gasteiger partial charge in [-0.2, -0.15) is 11.8 Å². The number of benzene rings is 3. The fourth-order valence-corrected chi connectivity index (χ4v) is 9.14. The number of alkyl carbamates (subject to hydrolysis) is 1. The van der Waals surface area contributed by atoms with Gasteiger partial charge in [-0.1, -0.05) is 66.8 Å². The van der Waals surface area contributed by atoms with Crippen LogP contribution >= 0.6 is 11.8 Å². The first kappa shape index (κ1) is 46.4. The Balaban J connectivity index is 0.661. The lowest BCUT2D eigenvalue weighted by Crippen LogP contribution is -2.39. The molecule has 4 heterocycles. The molecule has 16 nitrogen and oxygen atoms in total. The molecule has 2 saturated heterocycles. The number of hydroxylamine groups is 1. The molecule has 5 amide bonds. The lowest BCUT2D eigenvalue weighted by atomic mass is 10.0. The zero-order chi connectivity index (χ0) is 44.4. The molecular formula is C47H56N6O10S.